The molecule has 0 aliphatic carbocycles. The van der Waals surface area contributed by atoms with Gasteiger partial charge in [0, 0.05) is 31.6 Å². The molecule has 7 heteroatoms. The summed E-state index contributed by atoms with van der Waals surface area (Å²) in [7, 11) is 3.25. The van der Waals surface area contributed by atoms with Crippen LogP contribution >= 0.6 is 12.4 Å². The molecule has 1 aromatic rings. The summed E-state index contributed by atoms with van der Waals surface area (Å²) < 4.78 is 15.9. The fourth-order valence-electron chi connectivity index (χ4n) is 2.44. The molecule has 0 saturated carbocycles. The predicted octanol–water partition coefficient (Wildman–Crippen LogP) is 1.16. The van der Waals surface area contributed by atoms with Crippen LogP contribution in [0.1, 0.15) is 12.0 Å². The number of rotatable bonds is 7. The fraction of sp³-hybridized carbons (Fsp3) is 0.562. The number of benzene rings is 1. The van der Waals surface area contributed by atoms with Crippen molar-refractivity contribution in [3.8, 4) is 11.5 Å². The van der Waals surface area contributed by atoms with Crippen molar-refractivity contribution in [2.75, 3.05) is 40.5 Å². The van der Waals surface area contributed by atoms with E-state index >= 15 is 0 Å². The molecule has 0 aromatic heterocycles. The highest BCUT2D eigenvalue weighted by Crippen LogP contribution is 2.24. The standard InChI is InChI=1S/C16H24N2O4.ClH/c1-20-14-4-3-12(15(10-14)21-2)5-6-18-16(19)9-13-11-22-8-7-17-13;/h3-4,10,13,17H,5-9,11H2,1-2H3,(H,18,19);1H. The second kappa shape index (κ2) is 10.3. The van der Waals surface area contributed by atoms with Crippen molar-refractivity contribution >= 4 is 18.3 Å². The van der Waals surface area contributed by atoms with Crippen LogP contribution in [0.5, 0.6) is 11.5 Å². The maximum atomic E-state index is 11.9. The minimum absolute atomic E-state index is 0. The Balaban J connectivity index is 0.00000264. The number of ether oxygens (including phenoxy) is 3. The molecule has 2 rings (SSSR count). The van der Waals surface area contributed by atoms with Gasteiger partial charge in [-0.1, -0.05) is 6.07 Å². The minimum atomic E-state index is 0. The Morgan fingerprint density at radius 1 is 1.39 bits per heavy atom. The zero-order valence-electron chi connectivity index (χ0n) is 13.6. The van der Waals surface area contributed by atoms with Crippen LogP contribution in [0, 0.1) is 0 Å². The number of amides is 1. The maximum Gasteiger partial charge on any atom is 0.221 e. The molecule has 1 heterocycles. The third-order valence-electron chi connectivity index (χ3n) is 3.64. The van der Waals surface area contributed by atoms with Crippen molar-refractivity contribution < 1.29 is 19.0 Å². The second-order valence-corrected chi connectivity index (χ2v) is 5.21. The monoisotopic (exact) mass is 344 g/mol. The van der Waals surface area contributed by atoms with Gasteiger partial charge in [0.25, 0.3) is 0 Å². The molecule has 1 fully saturated rings. The minimum Gasteiger partial charge on any atom is -0.497 e. The van der Waals surface area contributed by atoms with Crippen molar-refractivity contribution in [3.05, 3.63) is 23.8 Å². The van der Waals surface area contributed by atoms with E-state index in [4.69, 9.17) is 14.2 Å². The van der Waals surface area contributed by atoms with Gasteiger partial charge in [0.05, 0.1) is 27.4 Å². The van der Waals surface area contributed by atoms with E-state index in [1.807, 2.05) is 18.2 Å². The quantitative estimate of drug-likeness (QED) is 0.777. The van der Waals surface area contributed by atoms with E-state index in [1.165, 1.54) is 0 Å². The normalized spacial score (nSPS) is 17.0. The number of carbonyl (C=O) groups excluding carboxylic acids is 1. The average molecular weight is 345 g/mol. The van der Waals surface area contributed by atoms with Gasteiger partial charge < -0.3 is 24.8 Å². The Morgan fingerprint density at radius 2 is 2.22 bits per heavy atom. The summed E-state index contributed by atoms with van der Waals surface area (Å²) in [6.07, 6.45) is 1.16. The van der Waals surface area contributed by atoms with Crippen molar-refractivity contribution in [3.63, 3.8) is 0 Å². The zero-order chi connectivity index (χ0) is 15.8. The first-order valence-electron chi connectivity index (χ1n) is 7.51. The zero-order valence-corrected chi connectivity index (χ0v) is 14.4. The third-order valence-corrected chi connectivity index (χ3v) is 3.64. The summed E-state index contributed by atoms with van der Waals surface area (Å²) in [5.41, 5.74) is 1.04. The molecule has 1 saturated heterocycles. The van der Waals surface area contributed by atoms with Gasteiger partial charge in [0.1, 0.15) is 11.5 Å². The van der Waals surface area contributed by atoms with E-state index in [2.05, 4.69) is 10.6 Å². The molecule has 2 N–H and O–H groups in total. The number of halogens is 1. The van der Waals surface area contributed by atoms with E-state index in [0.717, 1.165) is 30.2 Å². The Morgan fingerprint density at radius 3 is 2.87 bits per heavy atom. The van der Waals surface area contributed by atoms with Crippen LogP contribution in [0.25, 0.3) is 0 Å². The van der Waals surface area contributed by atoms with Crippen molar-refractivity contribution in [1.29, 1.82) is 0 Å². The maximum absolute atomic E-state index is 11.9. The molecule has 0 bridgehead atoms. The summed E-state index contributed by atoms with van der Waals surface area (Å²) in [5, 5.41) is 6.21. The molecule has 0 radical (unpaired) electrons. The van der Waals surface area contributed by atoms with Crippen LogP contribution in [-0.4, -0.2) is 52.5 Å². The average Bonchev–Trinajstić information content (AvgIpc) is 2.56. The van der Waals surface area contributed by atoms with Crippen LogP contribution in [-0.2, 0) is 16.0 Å². The van der Waals surface area contributed by atoms with E-state index in [-0.39, 0.29) is 24.4 Å². The number of carbonyl (C=O) groups is 1. The molecule has 6 nitrogen and oxygen atoms in total. The lowest BCUT2D eigenvalue weighted by molar-refractivity contribution is -0.122. The molecule has 1 atom stereocenters. The second-order valence-electron chi connectivity index (χ2n) is 5.21. The Bertz CT molecular complexity index is 493. The molecule has 1 amide bonds. The van der Waals surface area contributed by atoms with Crippen LogP contribution in [0.2, 0.25) is 0 Å². The Kier molecular flexibility index (Phi) is 8.76. The molecular formula is C16H25ClN2O4. The first-order valence-corrected chi connectivity index (χ1v) is 7.51. The largest absolute Gasteiger partial charge is 0.497 e. The van der Waals surface area contributed by atoms with Crippen molar-refractivity contribution in [1.82, 2.24) is 10.6 Å². The summed E-state index contributed by atoms with van der Waals surface area (Å²) >= 11 is 0. The summed E-state index contributed by atoms with van der Waals surface area (Å²) in [4.78, 5) is 11.9. The number of hydrogen-bond donors (Lipinski definition) is 2. The molecular weight excluding hydrogens is 320 g/mol. The molecule has 23 heavy (non-hydrogen) atoms. The van der Waals surface area contributed by atoms with E-state index in [9.17, 15) is 4.79 Å². The smallest absolute Gasteiger partial charge is 0.221 e. The van der Waals surface area contributed by atoms with Gasteiger partial charge in [-0.2, -0.15) is 0 Å². The van der Waals surface area contributed by atoms with Gasteiger partial charge in [-0.3, -0.25) is 4.79 Å². The lowest BCUT2D eigenvalue weighted by atomic mass is 10.1. The topological polar surface area (TPSA) is 68.8 Å². The Hall–Kier alpha value is -1.50. The fourth-order valence-corrected chi connectivity index (χ4v) is 2.44. The lowest BCUT2D eigenvalue weighted by Crippen LogP contribution is -2.44. The highest BCUT2D eigenvalue weighted by molar-refractivity contribution is 5.85. The predicted molar refractivity (Wildman–Crippen MR) is 90.7 cm³/mol. The molecule has 1 aliphatic rings. The molecule has 130 valence electrons. The van der Waals surface area contributed by atoms with Gasteiger partial charge in [0.2, 0.25) is 5.91 Å². The van der Waals surface area contributed by atoms with Crippen LogP contribution < -0.4 is 20.1 Å². The van der Waals surface area contributed by atoms with Crippen LogP contribution in [0.15, 0.2) is 18.2 Å². The lowest BCUT2D eigenvalue weighted by Gasteiger charge is -2.23. The number of nitrogens with one attached hydrogen (secondary N) is 2. The van der Waals surface area contributed by atoms with Gasteiger partial charge >= 0.3 is 0 Å². The Labute approximate surface area is 143 Å². The molecule has 0 spiro atoms. The number of morpholine rings is 1. The van der Waals surface area contributed by atoms with Gasteiger partial charge in [-0.05, 0) is 18.1 Å². The van der Waals surface area contributed by atoms with E-state index in [1.54, 1.807) is 14.2 Å². The van der Waals surface area contributed by atoms with Crippen molar-refractivity contribution in [2.24, 2.45) is 0 Å². The van der Waals surface area contributed by atoms with E-state index < -0.39 is 0 Å². The summed E-state index contributed by atoms with van der Waals surface area (Å²) in [6.45, 7) is 2.70. The van der Waals surface area contributed by atoms with Gasteiger partial charge in [-0.25, -0.2) is 0 Å². The summed E-state index contributed by atoms with van der Waals surface area (Å²) in [5.74, 6) is 1.57. The molecule has 1 aromatic carbocycles. The first kappa shape index (κ1) is 19.5. The number of methoxy groups -OCH3 is 2. The molecule has 1 unspecified atom stereocenters. The van der Waals surface area contributed by atoms with Gasteiger partial charge in [-0.15, -0.1) is 12.4 Å². The van der Waals surface area contributed by atoms with Crippen molar-refractivity contribution in [2.45, 2.75) is 18.9 Å². The highest BCUT2D eigenvalue weighted by Gasteiger charge is 2.16. The SMILES string of the molecule is COc1ccc(CCNC(=O)CC2COCCN2)c(OC)c1.Cl. The third kappa shape index (κ3) is 6.25. The highest BCUT2D eigenvalue weighted by atomic mass is 35.5. The summed E-state index contributed by atoms with van der Waals surface area (Å²) in [6, 6.07) is 5.81. The van der Waals surface area contributed by atoms with Gasteiger partial charge in [0.15, 0.2) is 0 Å². The number of hydrogen-bond acceptors (Lipinski definition) is 5. The van der Waals surface area contributed by atoms with E-state index in [0.29, 0.717) is 26.0 Å². The van der Waals surface area contributed by atoms with Crippen LogP contribution in [0.4, 0.5) is 0 Å². The first-order chi connectivity index (χ1) is 10.7. The molecule has 1 aliphatic heterocycles. The van der Waals surface area contributed by atoms with Crippen LogP contribution in [0.3, 0.4) is 0 Å².